The van der Waals surface area contributed by atoms with E-state index in [0.29, 0.717) is 32.3 Å². The first-order valence-corrected chi connectivity index (χ1v) is 12.3. The minimum absolute atomic E-state index is 0.0139. The Morgan fingerprint density at radius 3 is 2.57 bits per heavy atom. The summed E-state index contributed by atoms with van der Waals surface area (Å²) >= 11 is 0. The number of hydrogen-bond donors (Lipinski definition) is 0. The summed E-state index contributed by atoms with van der Waals surface area (Å²) in [6, 6.07) is 16.0. The number of ether oxygens (including phenoxy) is 3. The van der Waals surface area contributed by atoms with Gasteiger partial charge in [0.2, 0.25) is 0 Å². The highest BCUT2D eigenvalue weighted by Crippen LogP contribution is 2.31. The normalized spacial score (nSPS) is 17.6. The molecule has 0 amide bonds. The Labute approximate surface area is 207 Å². The highest BCUT2D eigenvalue weighted by Gasteiger charge is 2.26. The molecule has 3 heterocycles. The number of aromatic nitrogens is 1. The molecule has 5 rings (SSSR count). The molecule has 1 aromatic heterocycles. The minimum atomic E-state index is 0.0139. The van der Waals surface area contributed by atoms with Gasteiger partial charge in [-0.05, 0) is 74.1 Å². The molecule has 2 aliphatic rings. The monoisotopic (exact) mass is 473 g/mol. The van der Waals surface area contributed by atoms with Crippen molar-refractivity contribution in [2.45, 2.75) is 44.9 Å². The topological polar surface area (TPSA) is 56.2 Å². The van der Waals surface area contributed by atoms with Crippen LogP contribution in [0.25, 0.3) is 10.9 Å². The van der Waals surface area contributed by atoms with Gasteiger partial charge in [-0.25, -0.2) is 0 Å². The number of methoxy groups -OCH3 is 1. The molecule has 2 aromatic carbocycles. The Kier molecular flexibility index (Phi) is 7.02. The van der Waals surface area contributed by atoms with E-state index in [0.717, 1.165) is 59.6 Å². The van der Waals surface area contributed by atoms with Crippen molar-refractivity contribution >= 4 is 18.9 Å². The van der Waals surface area contributed by atoms with E-state index in [-0.39, 0.29) is 11.6 Å². The van der Waals surface area contributed by atoms with Crippen LogP contribution in [0.15, 0.2) is 53.3 Å². The van der Waals surface area contributed by atoms with Gasteiger partial charge in [0.05, 0.1) is 12.6 Å². The maximum atomic E-state index is 12.7. The summed E-state index contributed by atoms with van der Waals surface area (Å²) in [4.78, 5) is 17.1. The number of pyridine rings is 1. The standard InChI is InChI=1S/C27H32BN3O4/c1-19(17-30-24-16-23(33-2)6-4-21(24)5-8-27(30)32)29-11-9-22(10-12-29)31(28)18-20-3-7-25-26(15-20)35-14-13-34-25/h3-8,15-16,19,22H,9-14,17-18H2,1-2H3. The lowest BCUT2D eigenvalue weighted by Gasteiger charge is -2.40. The van der Waals surface area contributed by atoms with Gasteiger partial charge in [-0.2, -0.15) is 0 Å². The third kappa shape index (κ3) is 5.18. The van der Waals surface area contributed by atoms with E-state index < -0.39 is 0 Å². The van der Waals surface area contributed by atoms with E-state index >= 15 is 0 Å². The average molecular weight is 473 g/mol. The first-order valence-electron chi connectivity index (χ1n) is 12.3. The van der Waals surface area contributed by atoms with Gasteiger partial charge >= 0.3 is 0 Å². The maximum Gasteiger partial charge on any atom is 0.251 e. The second-order valence-electron chi connectivity index (χ2n) is 9.47. The van der Waals surface area contributed by atoms with Gasteiger partial charge in [0, 0.05) is 37.3 Å². The van der Waals surface area contributed by atoms with E-state index in [4.69, 9.17) is 22.2 Å². The Bertz CT molecular complexity index is 1240. The van der Waals surface area contributed by atoms with E-state index in [1.54, 1.807) is 13.2 Å². The number of rotatable bonds is 7. The van der Waals surface area contributed by atoms with Crippen molar-refractivity contribution in [3.8, 4) is 17.2 Å². The fraction of sp³-hybridized carbons (Fsp3) is 0.444. The SMILES string of the molecule is [B]N(Cc1ccc2c(c1)OCCO2)C1CCN(C(C)Cn2c(=O)ccc3ccc(OC)cc32)CC1. The Balaban J connectivity index is 1.20. The molecule has 35 heavy (non-hydrogen) atoms. The number of nitrogens with zero attached hydrogens (tertiary/aromatic N) is 3. The van der Waals surface area contributed by atoms with Crippen LogP contribution in [0.1, 0.15) is 25.3 Å². The van der Waals surface area contributed by atoms with E-state index in [1.807, 2.05) is 45.8 Å². The van der Waals surface area contributed by atoms with Crippen LogP contribution in [0.3, 0.4) is 0 Å². The number of fused-ring (bicyclic) bond motifs is 2. The van der Waals surface area contributed by atoms with Gasteiger partial charge in [0.1, 0.15) is 19.0 Å². The molecule has 0 N–H and O–H groups in total. The van der Waals surface area contributed by atoms with E-state index in [1.165, 1.54) is 0 Å². The fourth-order valence-electron chi connectivity index (χ4n) is 5.15. The van der Waals surface area contributed by atoms with E-state index in [9.17, 15) is 4.79 Å². The number of hydrogen-bond acceptors (Lipinski definition) is 6. The highest BCUT2D eigenvalue weighted by molar-refractivity contribution is 6.04. The summed E-state index contributed by atoms with van der Waals surface area (Å²) in [5, 5.41) is 1.04. The van der Waals surface area contributed by atoms with Crippen LogP contribution in [-0.4, -0.2) is 67.8 Å². The molecule has 1 atom stereocenters. The first-order chi connectivity index (χ1) is 17.0. The van der Waals surface area contributed by atoms with Crippen LogP contribution in [0, 0.1) is 0 Å². The number of likely N-dealkylation sites (tertiary alicyclic amines) is 1. The van der Waals surface area contributed by atoms with Gasteiger partial charge in [-0.1, -0.05) is 6.07 Å². The quantitative estimate of drug-likeness (QED) is 0.492. The van der Waals surface area contributed by atoms with Crippen LogP contribution >= 0.6 is 0 Å². The van der Waals surface area contributed by atoms with Crippen LogP contribution in [0.5, 0.6) is 17.2 Å². The van der Waals surface area contributed by atoms with Crippen molar-refractivity contribution in [3.05, 3.63) is 64.4 Å². The lowest BCUT2D eigenvalue weighted by Crippen LogP contribution is -2.48. The summed E-state index contributed by atoms with van der Waals surface area (Å²) in [5.41, 5.74) is 2.05. The lowest BCUT2D eigenvalue weighted by molar-refractivity contribution is 0.116. The van der Waals surface area contributed by atoms with E-state index in [2.05, 4.69) is 17.9 Å². The molecule has 2 aliphatic heterocycles. The van der Waals surface area contributed by atoms with Gasteiger partial charge in [-0.15, -0.1) is 0 Å². The fourth-order valence-corrected chi connectivity index (χ4v) is 5.15. The molecule has 1 unspecified atom stereocenters. The van der Waals surface area contributed by atoms with Gasteiger partial charge in [-0.3, -0.25) is 9.69 Å². The molecule has 0 saturated carbocycles. The minimum Gasteiger partial charge on any atom is -0.497 e. The van der Waals surface area contributed by atoms with Crippen LogP contribution in [-0.2, 0) is 13.1 Å². The smallest absolute Gasteiger partial charge is 0.251 e. The molecule has 2 radical (unpaired) electrons. The van der Waals surface area contributed by atoms with Crippen molar-refractivity contribution in [3.63, 3.8) is 0 Å². The zero-order valence-electron chi connectivity index (χ0n) is 20.5. The predicted molar refractivity (Wildman–Crippen MR) is 138 cm³/mol. The average Bonchev–Trinajstić information content (AvgIpc) is 2.90. The predicted octanol–water partition coefficient (Wildman–Crippen LogP) is 3.22. The lowest BCUT2D eigenvalue weighted by atomic mass is 9.97. The molecular weight excluding hydrogens is 441 g/mol. The summed E-state index contributed by atoms with van der Waals surface area (Å²) in [7, 11) is 8.14. The Morgan fingerprint density at radius 1 is 1.06 bits per heavy atom. The molecule has 0 bridgehead atoms. The molecule has 0 spiro atoms. The largest absolute Gasteiger partial charge is 0.497 e. The molecule has 0 aliphatic carbocycles. The van der Waals surface area contributed by atoms with Crippen LogP contribution in [0.4, 0.5) is 0 Å². The van der Waals surface area contributed by atoms with Crippen LogP contribution < -0.4 is 19.8 Å². The van der Waals surface area contributed by atoms with Gasteiger partial charge in [0.25, 0.3) is 5.56 Å². The maximum absolute atomic E-state index is 12.7. The molecule has 7 nitrogen and oxygen atoms in total. The van der Waals surface area contributed by atoms with Crippen molar-refractivity contribution in [2.24, 2.45) is 0 Å². The highest BCUT2D eigenvalue weighted by atomic mass is 16.6. The zero-order chi connectivity index (χ0) is 24.4. The zero-order valence-corrected chi connectivity index (χ0v) is 20.5. The first kappa shape index (κ1) is 23.8. The second kappa shape index (κ2) is 10.3. The Morgan fingerprint density at radius 2 is 1.80 bits per heavy atom. The number of piperidine rings is 1. The summed E-state index contributed by atoms with van der Waals surface area (Å²) < 4.78 is 18.6. The van der Waals surface area contributed by atoms with Crippen LogP contribution in [0.2, 0.25) is 0 Å². The summed E-state index contributed by atoms with van der Waals surface area (Å²) in [5.74, 6) is 2.35. The van der Waals surface area contributed by atoms with Gasteiger partial charge in [0.15, 0.2) is 19.5 Å². The molecule has 8 heteroatoms. The third-order valence-electron chi connectivity index (χ3n) is 7.21. The third-order valence-corrected chi connectivity index (χ3v) is 7.21. The molecule has 182 valence electrons. The van der Waals surface area contributed by atoms with Crippen molar-refractivity contribution < 1.29 is 14.2 Å². The molecule has 3 aromatic rings. The van der Waals surface area contributed by atoms with Gasteiger partial charge < -0.3 is 23.6 Å². The van der Waals surface area contributed by atoms with Crippen molar-refractivity contribution in [1.82, 2.24) is 14.3 Å². The molecule has 1 fully saturated rings. The molecular formula is C27H32BN3O4. The van der Waals surface area contributed by atoms with Crippen molar-refractivity contribution in [1.29, 1.82) is 0 Å². The second-order valence-corrected chi connectivity index (χ2v) is 9.47. The Hall–Kier alpha value is -2.97. The number of benzene rings is 2. The summed E-state index contributed by atoms with van der Waals surface area (Å²) in [6.07, 6.45) is 1.98. The summed E-state index contributed by atoms with van der Waals surface area (Å²) in [6.45, 7) is 6.57. The van der Waals surface area contributed by atoms with Crippen molar-refractivity contribution in [2.75, 3.05) is 33.4 Å². The molecule has 1 saturated heterocycles.